The van der Waals surface area contributed by atoms with Crippen LogP contribution in [0.2, 0.25) is 5.02 Å². The molecule has 0 saturated carbocycles. The van der Waals surface area contributed by atoms with Crippen LogP contribution in [0.1, 0.15) is 39.2 Å². The van der Waals surface area contributed by atoms with Crippen LogP contribution < -0.4 is 11.1 Å². The molecule has 5 heteroatoms. The van der Waals surface area contributed by atoms with Crippen molar-refractivity contribution in [1.82, 2.24) is 5.32 Å². The first-order valence-corrected chi connectivity index (χ1v) is 6.82. The van der Waals surface area contributed by atoms with Gasteiger partial charge in [-0.25, -0.2) is 0 Å². The van der Waals surface area contributed by atoms with Gasteiger partial charge in [-0.3, -0.25) is 9.59 Å². The van der Waals surface area contributed by atoms with Gasteiger partial charge in [-0.05, 0) is 30.7 Å². The van der Waals surface area contributed by atoms with Gasteiger partial charge >= 0.3 is 0 Å². The molecule has 2 amide bonds. The molecule has 21 heavy (non-hydrogen) atoms. The number of hydrogen-bond acceptors (Lipinski definition) is 2. The third-order valence-electron chi connectivity index (χ3n) is 3.14. The highest BCUT2D eigenvalue weighted by molar-refractivity contribution is 6.34. The van der Waals surface area contributed by atoms with Crippen molar-refractivity contribution in [2.45, 2.75) is 13.0 Å². The first-order valence-electron chi connectivity index (χ1n) is 6.44. The Labute approximate surface area is 127 Å². The Bertz CT molecular complexity index is 671. The summed E-state index contributed by atoms with van der Waals surface area (Å²) in [4.78, 5) is 23.5. The van der Waals surface area contributed by atoms with Gasteiger partial charge in [-0.15, -0.1) is 0 Å². The van der Waals surface area contributed by atoms with Gasteiger partial charge in [0.15, 0.2) is 0 Å². The Hall–Kier alpha value is -2.33. The fourth-order valence-electron chi connectivity index (χ4n) is 1.96. The average Bonchev–Trinajstić information content (AvgIpc) is 2.48. The summed E-state index contributed by atoms with van der Waals surface area (Å²) in [7, 11) is 0. The summed E-state index contributed by atoms with van der Waals surface area (Å²) in [6, 6.07) is 13.9. The SMILES string of the molecule is C[C@@H](NC(=O)c1ccc(Cl)c(C(N)=O)c1)c1ccccc1. The minimum atomic E-state index is -0.661. The van der Waals surface area contributed by atoms with E-state index in [1.807, 2.05) is 37.3 Å². The van der Waals surface area contributed by atoms with Crippen LogP contribution in [0.25, 0.3) is 0 Å². The molecule has 0 radical (unpaired) electrons. The number of nitrogens with two attached hydrogens (primary N) is 1. The van der Waals surface area contributed by atoms with Crippen LogP contribution in [0.5, 0.6) is 0 Å². The lowest BCUT2D eigenvalue weighted by Gasteiger charge is -2.14. The molecule has 108 valence electrons. The van der Waals surface area contributed by atoms with Crippen LogP contribution in [0.4, 0.5) is 0 Å². The molecule has 0 aliphatic heterocycles. The lowest BCUT2D eigenvalue weighted by molar-refractivity contribution is 0.0940. The predicted octanol–water partition coefficient (Wildman–Crippen LogP) is 2.93. The average molecular weight is 303 g/mol. The van der Waals surface area contributed by atoms with E-state index in [-0.39, 0.29) is 22.5 Å². The van der Waals surface area contributed by atoms with Crippen molar-refractivity contribution in [3.8, 4) is 0 Å². The molecule has 0 heterocycles. The molecule has 4 nitrogen and oxygen atoms in total. The first-order chi connectivity index (χ1) is 9.99. The van der Waals surface area contributed by atoms with E-state index in [4.69, 9.17) is 17.3 Å². The number of carbonyl (C=O) groups excluding carboxylic acids is 2. The second-order valence-electron chi connectivity index (χ2n) is 4.66. The van der Waals surface area contributed by atoms with Crippen LogP contribution in [0.3, 0.4) is 0 Å². The highest BCUT2D eigenvalue weighted by atomic mass is 35.5. The number of hydrogen-bond donors (Lipinski definition) is 2. The minimum absolute atomic E-state index is 0.136. The molecule has 0 aliphatic rings. The zero-order valence-electron chi connectivity index (χ0n) is 11.5. The highest BCUT2D eigenvalue weighted by Gasteiger charge is 2.14. The van der Waals surface area contributed by atoms with Gasteiger partial charge in [-0.2, -0.15) is 0 Å². The minimum Gasteiger partial charge on any atom is -0.366 e. The Morgan fingerprint density at radius 2 is 1.81 bits per heavy atom. The predicted molar refractivity (Wildman–Crippen MR) is 82.3 cm³/mol. The second-order valence-corrected chi connectivity index (χ2v) is 5.07. The standard InChI is InChI=1S/C16H15ClN2O2/c1-10(11-5-3-2-4-6-11)19-16(21)12-7-8-14(17)13(9-12)15(18)20/h2-10H,1H3,(H2,18,20)(H,19,21)/t10-/m1/s1. The number of carbonyl (C=O) groups is 2. The Kier molecular flexibility index (Phi) is 4.60. The molecule has 0 aliphatic carbocycles. The molecule has 0 aromatic heterocycles. The van der Waals surface area contributed by atoms with Crippen LogP contribution in [0.15, 0.2) is 48.5 Å². The third kappa shape index (κ3) is 3.61. The Morgan fingerprint density at radius 1 is 1.14 bits per heavy atom. The second kappa shape index (κ2) is 6.41. The smallest absolute Gasteiger partial charge is 0.251 e. The fraction of sp³-hybridized carbons (Fsp3) is 0.125. The van der Waals surface area contributed by atoms with Crippen molar-refractivity contribution in [2.75, 3.05) is 0 Å². The van der Waals surface area contributed by atoms with E-state index in [1.165, 1.54) is 12.1 Å². The summed E-state index contributed by atoms with van der Waals surface area (Å²) < 4.78 is 0. The summed E-state index contributed by atoms with van der Waals surface area (Å²) in [5.74, 6) is -0.948. The van der Waals surface area contributed by atoms with Crippen molar-refractivity contribution in [2.24, 2.45) is 5.73 Å². The van der Waals surface area contributed by atoms with Crippen LogP contribution in [-0.2, 0) is 0 Å². The molecule has 1 atom stereocenters. The maximum Gasteiger partial charge on any atom is 0.251 e. The maximum atomic E-state index is 12.2. The summed E-state index contributed by atoms with van der Waals surface area (Å²) in [5.41, 5.74) is 6.70. The van der Waals surface area contributed by atoms with E-state index in [1.54, 1.807) is 6.07 Å². The molecular formula is C16H15ClN2O2. The Morgan fingerprint density at radius 3 is 2.43 bits per heavy atom. The van der Waals surface area contributed by atoms with Gasteiger partial charge in [-0.1, -0.05) is 41.9 Å². The largest absolute Gasteiger partial charge is 0.366 e. The molecule has 3 N–H and O–H groups in total. The number of benzene rings is 2. The number of nitrogens with one attached hydrogen (secondary N) is 1. The van der Waals surface area contributed by atoms with Crippen molar-refractivity contribution in [1.29, 1.82) is 0 Å². The summed E-state index contributed by atoms with van der Waals surface area (Å²) >= 11 is 5.86. The van der Waals surface area contributed by atoms with Crippen molar-refractivity contribution >= 4 is 23.4 Å². The number of amides is 2. The van der Waals surface area contributed by atoms with E-state index in [9.17, 15) is 9.59 Å². The zero-order valence-corrected chi connectivity index (χ0v) is 12.2. The van der Waals surface area contributed by atoms with Gasteiger partial charge in [0.05, 0.1) is 16.6 Å². The van der Waals surface area contributed by atoms with Crippen molar-refractivity contribution in [3.63, 3.8) is 0 Å². The third-order valence-corrected chi connectivity index (χ3v) is 3.47. The number of primary amides is 1. The quantitative estimate of drug-likeness (QED) is 0.911. The van der Waals surface area contributed by atoms with E-state index in [0.717, 1.165) is 5.56 Å². The van der Waals surface area contributed by atoms with E-state index >= 15 is 0 Å². The van der Waals surface area contributed by atoms with Crippen molar-refractivity contribution < 1.29 is 9.59 Å². The lowest BCUT2D eigenvalue weighted by atomic mass is 10.1. The molecule has 0 fully saturated rings. The lowest BCUT2D eigenvalue weighted by Crippen LogP contribution is -2.27. The molecule has 2 rings (SSSR count). The first kappa shape index (κ1) is 15.1. The topological polar surface area (TPSA) is 72.2 Å². The summed E-state index contributed by atoms with van der Waals surface area (Å²) in [6.07, 6.45) is 0. The van der Waals surface area contributed by atoms with Gasteiger partial charge in [0.2, 0.25) is 5.91 Å². The fourth-order valence-corrected chi connectivity index (χ4v) is 2.17. The molecule has 0 saturated heterocycles. The summed E-state index contributed by atoms with van der Waals surface area (Å²) in [6.45, 7) is 1.89. The highest BCUT2D eigenvalue weighted by Crippen LogP contribution is 2.18. The molecule has 2 aromatic rings. The molecule has 0 bridgehead atoms. The van der Waals surface area contributed by atoms with Gasteiger partial charge in [0, 0.05) is 5.56 Å². The Balaban J connectivity index is 2.17. The van der Waals surface area contributed by atoms with Crippen LogP contribution >= 0.6 is 11.6 Å². The monoisotopic (exact) mass is 302 g/mol. The van der Waals surface area contributed by atoms with E-state index in [0.29, 0.717) is 5.56 Å². The van der Waals surface area contributed by atoms with E-state index < -0.39 is 5.91 Å². The number of rotatable bonds is 4. The molecule has 0 spiro atoms. The van der Waals surface area contributed by atoms with Crippen molar-refractivity contribution in [3.05, 3.63) is 70.2 Å². The van der Waals surface area contributed by atoms with Gasteiger partial charge in [0.1, 0.15) is 0 Å². The summed E-state index contributed by atoms with van der Waals surface area (Å²) in [5, 5.41) is 3.10. The van der Waals surface area contributed by atoms with Gasteiger partial charge < -0.3 is 11.1 Å². The maximum absolute atomic E-state index is 12.2. The van der Waals surface area contributed by atoms with Gasteiger partial charge in [0.25, 0.3) is 5.91 Å². The van der Waals surface area contributed by atoms with Crippen LogP contribution in [0, 0.1) is 0 Å². The normalized spacial score (nSPS) is 11.7. The molecule has 2 aromatic carbocycles. The van der Waals surface area contributed by atoms with E-state index in [2.05, 4.69) is 5.32 Å². The van der Waals surface area contributed by atoms with Crippen LogP contribution in [-0.4, -0.2) is 11.8 Å². The molecule has 0 unspecified atom stereocenters. The zero-order chi connectivity index (χ0) is 15.4. The molecular weight excluding hydrogens is 288 g/mol. The number of halogens is 1.